The molecule has 0 saturated carbocycles. The molecule has 0 radical (unpaired) electrons. The summed E-state index contributed by atoms with van der Waals surface area (Å²) < 4.78 is 5.37. The van der Waals surface area contributed by atoms with Gasteiger partial charge in [-0.15, -0.1) is 0 Å². The van der Waals surface area contributed by atoms with Crippen molar-refractivity contribution in [3.63, 3.8) is 0 Å². The van der Waals surface area contributed by atoms with Gasteiger partial charge in [0.05, 0.1) is 0 Å². The lowest BCUT2D eigenvalue weighted by molar-refractivity contribution is -0.111. The predicted octanol–water partition coefficient (Wildman–Crippen LogP) is 3.49. The Morgan fingerprint density at radius 1 is 1.33 bits per heavy atom. The molecule has 1 aliphatic heterocycles. The molecule has 21 heavy (non-hydrogen) atoms. The number of carbonyl (C=O) groups is 2. The molecule has 0 N–H and O–H groups in total. The van der Waals surface area contributed by atoms with E-state index in [9.17, 15) is 9.59 Å². The second kappa shape index (κ2) is 6.06. The minimum absolute atomic E-state index is 0.0799. The van der Waals surface area contributed by atoms with E-state index in [0.717, 1.165) is 11.8 Å². The molecular formula is C16H20ClNO3. The van der Waals surface area contributed by atoms with Crippen LogP contribution in [0.5, 0.6) is 0 Å². The molecule has 0 aliphatic carbocycles. The third kappa shape index (κ3) is 3.76. The lowest BCUT2D eigenvalue weighted by atomic mass is 9.90. The first kappa shape index (κ1) is 15.8. The second-order valence-electron chi connectivity index (χ2n) is 6.31. The van der Waals surface area contributed by atoms with Gasteiger partial charge in [0.2, 0.25) is 0 Å². The zero-order chi connectivity index (χ0) is 15.6. The first-order valence-corrected chi connectivity index (χ1v) is 7.37. The number of aldehydes is 1. The monoisotopic (exact) mass is 309 g/mol. The van der Waals surface area contributed by atoms with Crippen LogP contribution in [0.1, 0.15) is 32.3 Å². The van der Waals surface area contributed by atoms with Crippen LogP contribution in [0.25, 0.3) is 0 Å². The Labute approximate surface area is 130 Å². The molecule has 5 heteroatoms. The van der Waals surface area contributed by atoms with Crippen LogP contribution in [0.2, 0.25) is 5.02 Å². The molecule has 4 nitrogen and oxygen atoms in total. The third-order valence-electron chi connectivity index (χ3n) is 3.50. The van der Waals surface area contributed by atoms with Gasteiger partial charge in [0.15, 0.2) is 0 Å². The number of amides is 1. The van der Waals surface area contributed by atoms with Gasteiger partial charge in [-0.1, -0.05) is 29.8 Å². The number of ether oxygens (including phenoxy) is 1. The van der Waals surface area contributed by atoms with Crippen molar-refractivity contribution >= 4 is 24.0 Å². The summed E-state index contributed by atoms with van der Waals surface area (Å²) in [6, 6.07) is 7.44. The highest BCUT2D eigenvalue weighted by atomic mass is 35.5. The van der Waals surface area contributed by atoms with E-state index in [1.54, 1.807) is 11.0 Å². The van der Waals surface area contributed by atoms with Crippen molar-refractivity contribution in [3.05, 3.63) is 34.9 Å². The van der Waals surface area contributed by atoms with Crippen LogP contribution in [0.3, 0.4) is 0 Å². The van der Waals surface area contributed by atoms with Crippen molar-refractivity contribution in [3.8, 4) is 0 Å². The number of carbonyl (C=O) groups excluding carboxylic acids is 2. The molecular weight excluding hydrogens is 290 g/mol. The maximum absolute atomic E-state index is 12.1. The summed E-state index contributed by atoms with van der Waals surface area (Å²) in [6.45, 7) is 6.29. The lowest BCUT2D eigenvalue weighted by Gasteiger charge is -2.24. The van der Waals surface area contributed by atoms with Crippen LogP contribution in [0.4, 0.5) is 4.79 Å². The van der Waals surface area contributed by atoms with Gasteiger partial charge in [-0.05, 0) is 32.4 Å². The van der Waals surface area contributed by atoms with Gasteiger partial charge in [-0.25, -0.2) is 4.79 Å². The van der Waals surface area contributed by atoms with Gasteiger partial charge in [0.25, 0.3) is 0 Å². The SMILES string of the molecule is CC(C)(C)OC(=O)N1C[C@H](c2ccccc2Cl)[C@@H](C=O)C1. The summed E-state index contributed by atoms with van der Waals surface area (Å²) in [5.41, 5.74) is 0.360. The number of hydrogen-bond donors (Lipinski definition) is 0. The Balaban J connectivity index is 2.17. The summed E-state index contributed by atoms with van der Waals surface area (Å²) >= 11 is 6.21. The average molecular weight is 310 g/mol. The molecule has 0 aromatic heterocycles. The van der Waals surface area contributed by atoms with Gasteiger partial charge >= 0.3 is 6.09 Å². The van der Waals surface area contributed by atoms with E-state index in [1.807, 2.05) is 39.0 Å². The Morgan fingerprint density at radius 2 is 2.00 bits per heavy atom. The van der Waals surface area contributed by atoms with Gasteiger partial charge in [0, 0.05) is 29.9 Å². The maximum atomic E-state index is 12.1. The second-order valence-corrected chi connectivity index (χ2v) is 6.72. The Morgan fingerprint density at radius 3 is 2.57 bits per heavy atom. The molecule has 1 aromatic rings. The van der Waals surface area contributed by atoms with E-state index in [1.165, 1.54) is 0 Å². The van der Waals surface area contributed by atoms with Crippen LogP contribution >= 0.6 is 11.6 Å². The summed E-state index contributed by atoms with van der Waals surface area (Å²) in [5, 5.41) is 0.625. The summed E-state index contributed by atoms with van der Waals surface area (Å²) in [7, 11) is 0. The highest BCUT2D eigenvalue weighted by Crippen LogP contribution is 2.35. The van der Waals surface area contributed by atoms with E-state index in [0.29, 0.717) is 18.1 Å². The number of likely N-dealkylation sites (tertiary alicyclic amines) is 1. The van der Waals surface area contributed by atoms with Gasteiger partial charge in [-0.3, -0.25) is 0 Å². The molecule has 114 valence electrons. The van der Waals surface area contributed by atoms with E-state index in [4.69, 9.17) is 16.3 Å². The van der Waals surface area contributed by atoms with Gasteiger partial charge in [0.1, 0.15) is 11.9 Å². The topological polar surface area (TPSA) is 46.6 Å². The Kier molecular flexibility index (Phi) is 4.57. The normalized spacial score (nSPS) is 22.2. The summed E-state index contributed by atoms with van der Waals surface area (Å²) in [4.78, 5) is 25.1. The molecule has 0 bridgehead atoms. The third-order valence-corrected chi connectivity index (χ3v) is 3.84. The molecule has 1 amide bonds. The highest BCUT2D eigenvalue weighted by molar-refractivity contribution is 6.31. The fraction of sp³-hybridized carbons (Fsp3) is 0.500. The van der Waals surface area contributed by atoms with Crippen molar-refractivity contribution < 1.29 is 14.3 Å². The Hall–Kier alpha value is -1.55. The smallest absolute Gasteiger partial charge is 0.410 e. The first-order valence-electron chi connectivity index (χ1n) is 6.99. The van der Waals surface area contributed by atoms with E-state index in [-0.39, 0.29) is 17.9 Å². The molecule has 1 fully saturated rings. The van der Waals surface area contributed by atoms with Crippen molar-refractivity contribution in [2.45, 2.75) is 32.3 Å². The zero-order valence-electron chi connectivity index (χ0n) is 12.5. The molecule has 0 unspecified atom stereocenters. The number of rotatable bonds is 2. The number of halogens is 1. The van der Waals surface area contributed by atoms with Gasteiger partial charge in [-0.2, -0.15) is 0 Å². The largest absolute Gasteiger partial charge is 0.444 e. The Bertz CT molecular complexity index is 539. The predicted molar refractivity (Wildman–Crippen MR) is 81.6 cm³/mol. The number of benzene rings is 1. The number of hydrogen-bond acceptors (Lipinski definition) is 3. The molecule has 1 heterocycles. The van der Waals surface area contributed by atoms with Crippen LogP contribution < -0.4 is 0 Å². The highest BCUT2D eigenvalue weighted by Gasteiger charge is 2.38. The zero-order valence-corrected chi connectivity index (χ0v) is 13.3. The lowest BCUT2D eigenvalue weighted by Crippen LogP contribution is -2.35. The average Bonchev–Trinajstić information content (AvgIpc) is 2.81. The van der Waals surface area contributed by atoms with E-state index in [2.05, 4.69) is 0 Å². The molecule has 1 aliphatic rings. The summed E-state index contributed by atoms with van der Waals surface area (Å²) in [6.07, 6.45) is 0.516. The molecule has 1 aromatic carbocycles. The minimum atomic E-state index is -0.545. The van der Waals surface area contributed by atoms with Crippen molar-refractivity contribution in [2.24, 2.45) is 5.92 Å². The quantitative estimate of drug-likeness (QED) is 0.786. The van der Waals surface area contributed by atoms with Crippen LogP contribution in [0, 0.1) is 5.92 Å². The van der Waals surface area contributed by atoms with E-state index < -0.39 is 5.60 Å². The maximum Gasteiger partial charge on any atom is 0.410 e. The first-order chi connectivity index (χ1) is 9.81. The van der Waals surface area contributed by atoms with Crippen molar-refractivity contribution in [2.75, 3.05) is 13.1 Å². The van der Waals surface area contributed by atoms with E-state index >= 15 is 0 Å². The fourth-order valence-electron chi connectivity index (χ4n) is 2.55. The van der Waals surface area contributed by atoms with Crippen LogP contribution in [0.15, 0.2) is 24.3 Å². The van der Waals surface area contributed by atoms with Crippen LogP contribution in [-0.2, 0) is 9.53 Å². The van der Waals surface area contributed by atoms with Gasteiger partial charge < -0.3 is 14.4 Å². The van der Waals surface area contributed by atoms with Crippen molar-refractivity contribution in [1.82, 2.24) is 4.90 Å². The van der Waals surface area contributed by atoms with Crippen molar-refractivity contribution in [1.29, 1.82) is 0 Å². The molecule has 1 saturated heterocycles. The fourth-order valence-corrected chi connectivity index (χ4v) is 2.82. The molecule has 2 atom stereocenters. The minimum Gasteiger partial charge on any atom is -0.444 e. The standard InChI is InChI=1S/C16H20ClNO3/c1-16(2,3)21-15(20)18-8-11(10-19)13(9-18)12-6-4-5-7-14(12)17/h4-7,10-11,13H,8-9H2,1-3H3/t11-,13+/m1/s1. The summed E-state index contributed by atoms with van der Waals surface area (Å²) in [5.74, 6) is -0.332. The molecule has 0 spiro atoms. The number of nitrogens with zero attached hydrogens (tertiary/aromatic N) is 1. The van der Waals surface area contributed by atoms with Crippen LogP contribution in [-0.4, -0.2) is 36.0 Å². The molecule has 2 rings (SSSR count).